The minimum Gasteiger partial charge on any atom is -0.458 e. The molecule has 2 atom stereocenters. The highest BCUT2D eigenvalue weighted by Gasteiger charge is 2.56. The summed E-state index contributed by atoms with van der Waals surface area (Å²) >= 11 is 0. The van der Waals surface area contributed by atoms with E-state index >= 15 is 0 Å². The number of hydrogen-bond acceptors (Lipinski definition) is 6. The zero-order valence-corrected chi connectivity index (χ0v) is 15.0. The van der Waals surface area contributed by atoms with Crippen LogP contribution in [0.1, 0.15) is 38.7 Å². The van der Waals surface area contributed by atoms with E-state index in [1.165, 1.54) is 18.2 Å². The number of carbonyl (C=O) groups is 2. The van der Waals surface area contributed by atoms with Crippen molar-refractivity contribution in [1.29, 1.82) is 0 Å². The van der Waals surface area contributed by atoms with E-state index in [1.54, 1.807) is 6.92 Å². The van der Waals surface area contributed by atoms with E-state index in [0.717, 1.165) is 0 Å². The zero-order valence-electron chi connectivity index (χ0n) is 15.0. The van der Waals surface area contributed by atoms with Gasteiger partial charge in [0.2, 0.25) is 5.91 Å². The van der Waals surface area contributed by atoms with Gasteiger partial charge in [0.15, 0.2) is 0 Å². The van der Waals surface area contributed by atoms with E-state index in [-0.39, 0.29) is 24.0 Å². The second-order valence-corrected chi connectivity index (χ2v) is 7.58. The van der Waals surface area contributed by atoms with Gasteiger partial charge in [-0.3, -0.25) is 19.7 Å². The van der Waals surface area contributed by atoms with Crippen LogP contribution in [0.4, 0.5) is 11.4 Å². The molecule has 8 heteroatoms. The average Bonchev–Trinajstić information content (AvgIpc) is 2.83. The number of nitrogens with zero attached hydrogens (tertiary/aromatic N) is 1. The van der Waals surface area contributed by atoms with Crippen molar-refractivity contribution in [1.82, 2.24) is 0 Å². The van der Waals surface area contributed by atoms with Crippen LogP contribution in [0.5, 0.6) is 0 Å². The molecule has 1 spiro atoms. The van der Waals surface area contributed by atoms with Crippen LogP contribution in [0.3, 0.4) is 0 Å². The van der Waals surface area contributed by atoms with Crippen LogP contribution in [0.25, 0.3) is 0 Å². The topological polar surface area (TPSA) is 108 Å². The molecule has 2 fully saturated rings. The van der Waals surface area contributed by atoms with Gasteiger partial charge in [0, 0.05) is 30.7 Å². The molecule has 1 N–H and O–H groups in total. The molecule has 8 nitrogen and oxygen atoms in total. The molecule has 1 aromatic rings. The predicted molar refractivity (Wildman–Crippen MR) is 92.7 cm³/mol. The lowest BCUT2D eigenvalue weighted by molar-refractivity contribution is -0.384. The van der Waals surface area contributed by atoms with Crippen LogP contribution in [0.2, 0.25) is 0 Å². The van der Waals surface area contributed by atoms with Gasteiger partial charge in [0.25, 0.3) is 5.69 Å². The largest absolute Gasteiger partial charge is 0.458 e. The fourth-order valence-electron chi connectivity index (χ4n) is 3.89. The Morgan fingerprint density at radius 2 is 2.12 bits per heavy atom. The maximum atomic E-state index is 12.9. The minimum absolute atomic E-state index is 0.0218. The molecule has 3 rings (SSSR count). The van der Waals surface area contributed by atoms with E-state index < -0.39 is 22.0 Å². The Hall–Kier alpha value is -2.48. The van der Waals surface area contributed by atoms with Crippen molar-refractivity contribution in [3.8, 4) is 0 Å². The quantitative estimate of drug-likeness (QED) is 0.503. The number of hydrogen-bond donors (Lipinski definition) is 1. The van der Waals surface area contributed by atoms with Crippen LogP contribution < -0.4 is 5.32 Å². The molecule has 0 aliphatic carbocycles. The number of ether oxygens (including phenoxy) is 2. The molecule has 0 saturated carbocycles. The third-order valence-electron chi connectivity index (χ3n) is 5.06. The Balaban J connectivity index is 1.82. The third-order valence-corrected chi connectivity index (χ3v) is 5.06. The second kappa shape index (κ2) is 6.35. The first-order valence-corrected chi connectivity index (χ1v) is 8.54. The standard InChI is InChI=1S/C18H22N2O6/c1-11-8-12(20(23)24)4-5-14(11)19-16(22)13-9-15(21)26-18(13)6-7-25-17(2,3)10-18/h4-5,8,13H,6-7,9-10H2,1-3H3,(H,19,22)/t13-,18+/m1/s1. The lowest BCUT2D eigenvalue weighted by atomic mass is 9.75. The number of nitrogens with one attached hydrogen (secondary N) is 1. The van der Waals surface area contributed by atoms with E-state index in [0.29, 0.717) is 30.7 Å². The summed E-state index contributed by atoms with van der Waals surface area (Å²) in [7, 11) is 0. The van der Waals surface area contributed by atoms with E-state index in [2.05, 4.69) is 5.32 Å². The summed E-state index contributed by atoms with van der Waals surface area (Å²) in [6.45, 7) is 5.93. The van der Waals surface area contributed by atoms with Crippen molar-refractivity contribution >= 4 is 23.3 Å². The highest BCUT2D eigenvalue weighted by atomic mass is 16.6. The van der Waals surface area contributed by atoms with Crippen molar-refractivity contribution in [2.75, 3.05) is 11.9 Å². The lowest BCUT2D eigenvalue weighted by Gasteiger charge is -2.43. The lowest BCUT2D eigenvalue weighted by Crippen LogP contribution is -2.52. The van der Waals surface area contributed by atoms with Crippen LogP contribution in [-0.2, 0) is 19.1 Å². The Kier molecular flexibility index (Phi) is 4.47. The number of nitro benzene ring substituents is 1. The molecule has 0 unspecified atom stereocenters. The normalized spacial score (nSPS) is 27.2. The Bertz CT molecular complexity index is 775. The van der Waals surface area contributed by atoms with Gasteiger partial charge < -0.3 is 14.8 Å². The molecule has 0 bridgehead atoms. The fourth-order valence-corrected chi connectivity index (χ4v) is 3.89. The molecule has 2 aliphatic rings. The summed E-state index contributed by atoms with van der Waals surface area (Å²) in [5, 5.41) is 13.7. The van der Waals surface area contributed by atoms with Crippen molar-refractivity contribution < 1.29 is 24.0 Å². The molecular weight excluding hydrogens is 340 g/mol. The summed E-state index contributed by atoms with van der Waals surface area (Å²) in [6, 6.07) is 4.25. The van der Waals surface area contributed by atoms with Crippen molar-refractivity contribution in [3.63, 3.8) is 0 Å². The number of rotatable bonds is 3. The molecule has 1 aromatic carbocycles. The summed E-state index contributed by atoms with van der Waals surface area (Å²) in [6.07, 6.45) is 0.941. The molecule has 2 saturated heterocycles. The number of anilines is 1. The Labute approximate surface area is 151 Å². The smallest absolute Gasteiger partial charge is 0.307 e. The number of aryl methyl sites for hydroxylation is 1. The van der Waals surface area contributed by atoms with Crippen LogP contribution >= 0.6 is 0 Å². The van der Waals surface area contributed by atoms with Crippen molar-refractivity contribution in [2.24, 2.45) is 5.92 Å². The molecule has 140 valence electrons. The molecule has 0 aromatic heterocycles. The van der Waals surface area contributed by atoms with Gasteiger partial charge in [-0.1, -0.05) is 0 Å². The summed E-state index contributed by atoms with van der Waals surface area (Å²) in [4.78, 5) is 35.2. The number of amides is 1. The maximum absolute atomic E-state index is 12.9. The van der Waals surface area contributed by atoms with Crippen LogP contribution in [0, 0.1) is 23.0 Å². The van der Waals surface area contributed by atoms with Crippen molar-refractivity contribution in [3.05, 3.63) is 33.9 Å². The molecule has 1 amide bonds. The predicted octanol–water partition coefficient (Wildman–Crippen LogP) is 2.73. The Morgan fingerprint density at radius 1 is 1.38 bits per heavy atom. The highest BCUT2D eigenvalue weighted by Crippen LogP contribution is 2.46. The number of carbonyl (C=O) groups excluding carboxylic acids is 2. The number of esters is 1. The first-order chi connectivity index (χ1) is 12.1. The van der Waals surface area contributed by atoms with E-state index in [1.807, 2.05) is 13.8 Å². The third kappa shape index (κ3) is 3.41. The fraction of sp³-hybridized carbons (Fsp3) is 0.556. The Morgan fingerprint density at radius 3 is 2.73 bits per heavy atom. The number of nitro groups is 1. The summed E-state index contributed by atoms with van der Waals surface area (Å²) in [5.41, 5.74) is -0.314. The van der Waals surface area contributed by atoms with Gasteiger partial charge in [-0.25, -0.2) is 0 Å². The molecule has 0 radical (unpaired) electrons. The van der Waals surface area contributed by atoms with Crippen LogP contribution in [0.15, 0.2) is 18.2 Å². The van der Waals surface area contributed by atoms with Gasteiger partial charge in [0.1, 0.15) is 5.60 Å². The van der Waals surface area contributed by atoms with E-state index in [9.17, 15) is 19.7 Å². The van der Waals surface area contributed by atoms with Gasteiger partial charge in [-0.2, -0.15) is 0 Å². The first kappa shape index (κ1) is 18.3. The second-order valence-electron chi connectivity index (χ2n) is 7.58. The minimum atomic E-state index is -0.863. The van der Waals surface area contributed by atoms with Gasteiger partial charge in [-0.15, -0.1) is 0 Å². The molecule has 26 heavy (non-hydrogen) atoms. The van der Waals surface area contributed by atoms with Crippen molar-refractivity contribution in [2.45, 2.75) is 51.2 Å². The molecule has 2 heterocycles. The van der Waals surface area contributed by atoms with Gasteiger partial charge in [-0.05, 0) is 32.4 Å². The monoisotopic (exact) mass is 362 g/mol. The first-order valence-electron chi connectivity index (χ1n) is 8.54. The number of non-ortho nitro benzene ring substituents is 1. The summed E-state index contributed by atoms with van der Waals surface area (Å²) < 4.78 is 11.3. The zero-order chi connectivity index (χ0) is 19.1. The average molecular weight is 362 g/mol. The summed E-state index contributed by atoms with van der Waals surface area (Å²) in [5.74, 6) is -1.32. The van der Waals surface area contributed by atoms with E-state index in [4.69, 9.17) is 9.47 Å². The number of benzene rings is 1. The highest BCUT2D eigenvalue weighted by molar-refractivity contribution is 5.97. The maximum Gasteiger partial charge on any atom is 0.307 e. The van der Waals surface area contributed by atoms with Gasteiger partial charge >= 0.3 is 5.97 Å². The molecule has 2 aliphatic heterocycles. The van der Waals surface area contributed by atoms with Gasteiger partial charge in [0.05, 0.1) is 29.5 Å². The SMILES string of the molecule is Cc1cc([N+](=O)[O-])ccc1NC(=O)[C@H]1CC(=O)O[C@]12CCOC(C)(C)C2. The molecular formula is C18H22N2O6. The van der Waals surface area contributed by atoms with Crippen LogP contribution in [-0.4, -0.2) is 34.6 Å².